The van der Waals surface area contributed by atoms with E-state index in [0.717, 1.165) is 31.8 Å². The topological polar surface area (TPSA) is 39.1 Å². The molecule has 0 saturated heterocycles. The Morgan fingerprint density at radius 2 is 2.05 bits per heavy atom. The first-order valence-corrected chi connectivity index (χ1v) is 6.66. The van der Waals surface area contributed by atoms with E-state index in [9.17, 15) is 0 Å². The van der Waals surface area contributed by atoms with Crippen molar-refractivity contribution < 1.29 is 4.74 Å². The average Bonchev–Trinajstić information content (AvgIpc) is 2.91. The third-order valence-corrected chi connectivity index (χ3v) is 3.16. The first-order valence-electron chi connectivity index (χ1n) is 6.66. The summed E-state index contributed by atoms with van der Waals surface area (Å²) in [5.74, 6) is 0.902. The molecule has 0 aliphatic heterocycles. The summed E-state index contributed by atoms with van der Waals surface area (Å²) >= 11 is 0. The molecule has 1 heterocycles. The van der Waals surface area contributed by atoms with E-state index in [0.29, 0.717) is 0 Å². The number of aryl methyl sites for hydroxylation is 2. The highest BCUT2D eigenvalue weighted by Crippen LogP contribution is 2.12. The molecular formula is C15H21N3O. The maximum atomic E-state index is 5.16. The number of aromatic nitrogens is 2. The Balaban J connectivity index is 1.92. The lowest BCUT2D eigenvalue weighted by Gasteiger charge is -2.09. The van der Waals surface area contributed by atoms with Crippen molar-refractivity contribution in [1.29, 1.82) is 0 Å². The van der Waals surface area contributed by atoms with Crippen LogP contribution in [-0.4, -0.2) is 23.2 Å². The van der Waals surface area contributed by atoms with Crippen molar-refractivity contribution >= 4 is 0 Å². The molecule has 0 amide bonds. The molecule has 0 saturated carbocycles. The summed E-state index contributed by atoms with van der Waals surface area (Å²) in [6.45, 7) is 4.91. The van der Waals surface area contributed by atoms with Crippen molar-refractivity contribution in [3.05, 3.63) is 48.0 Å². The zero-order valence-corrected chi connectivity index (χ0v) is 11.6. The van der Waals surface area contributed by atoms with Gasteiger partial charge in [-0.25, -0.2) is 4.98 Å². The summed E-state index contributed by atoms with van der Waals surface area (Å²) in [6.07, 6.45) is 4.83. The predicted octanol–water partition coefficient (Wildman–Crippen LogP) is 2.24. The first kappa shape index (κ1) is 13.6. The molecular weight excluding hydrogens is 238 g/mol. The van der Waals surface area contributed by atoms with Crippen LogP contribution in [0, 0.1) is 0 Å². The fourth-order valence-electron chi connectivity index (χ4n) is 1.99. The standard InChI is InChI=1S/C15H21N3O/c1-3-16-10-14-11-17-12-18(14)9-8-13-4-6-15(19-2)7-5-13/h4-7,11-12,16H,3,8-10H2,1-2H3. The number of nitrogens with one attached hydrogen (secondary N) is 1. The largest absolute Gasteiger partial charge is 0.497 e. The second-order valence-electron chi connectivity index (χ2n) is 4.46. The summed E-state index contributed by atoms with van der Waals surface area (Å²) in [5.41, 5.74) is 2.54. The van der Waals surface area contributed by atoms with Crippen molar-refractivity contribution in [3.63, 3.8) is 0 Å². The van der Waals surface area contributed by atoms with Gasteiger partial charge in [0.2, 0.25) is 0 Å². The zero-order valence-electron chi connectivity index (χ0n) is 11.6. The summed E-state index contributed by atoms with van der Waals surface area (Å²) < 4.78 is 7.36. The van der Waals surface area contributed by atoms with Crippen molar-refractivity contribution in [2.45, 2.75) is 26.4 Å². The summed E-state index contributed by atoms with van der Waals surface area (Å²) in [5, 5.41) is 3.33. The molecule has 0 fully saturated rings. The highest BCUT2D eigenvalue weighted by molar-refractivity contribution is 5.27. The number of methoxy groups -OCH3 is 1. The molecule has 0 spiro atoms. The van der Waals surface area contributed by atoms with Crippen LogP contribution in [0.2, 0.25) is 0 Å². The van der Waals surface area contributed by atoms with E-state index in [1.807, 2.05) is 24.7 Å². The van der Waals surface area contributed by atoms with Gasteiger partial charge in [0.25, 0.3) is 0 Å². The maximum absolute atomic E-state index is 5.16. The molecule has 19 heavy (non-hydrogen) atoms. The number of benzene rings is 1. The van der Waals surface area contributed by atoms with Crippen LogP contribution in [0.4, 0.5) is 0 Å². The first-order chi connectivity index (χ1) is 9.33. The van der Waals surface area contributed by atoms with Gasteiger partial charge in [0.1, 0.15) is 5.75 Å². The minimum atomic E-state index is 0.874. The highest BCUT2D eigenvalue weighted by Gasteiger charge is 2.02. The van der Waals surface area contributed by atoms with Crippen LogP contribution in [0.5, 0.6) is 5.75 Å². The van der Waals surface area contributed by atoms with Crippen LogP contribution in [0.15, 0.2) is 36.8 Å². The number of rotatable bonds is 7. The molecule has 4 nitrogen and oxygen atoms in total. The Morgan fingerprint density at radius 3 is 2.74 bits per heavy atom. The van der Waals surface area contributed by atoms with Gasteiger partial charge in [-0.15, -0.1) is 0 Å². The van der Waals surface area contributed by atoms with Crippen LogP contribution < -0.4 is 10.1 Å². The van der Waals surface area contributed by atoms with Crippen LogP contribution in [0.3, 0.4) is 0 Å². The lowest BCUT2D eigenvalue weighted by atomic mass is 10.1. The number of nitrogens with zero attached hydrogens (tertiary/aromatic N) is 2. The average molecular weight is 259 g/mol. The summed E-state index contributed by atoms with van der Waals surface area (Å²) in [4.78, 5) is 4.22. The van der Waals surface area contributed by atoms with Crippen LogP contribution in [0.1, 0.15) is 18.2 Å². The predicted molar refractivity (Wildman–Crippen MR) is 76.3 cm³/mol. The molecule has 0 bridgehead atoms. The van der Waals surface area contributed by atoms with Gasteiger partial charge in [-0.2, -0.15) is 0 Å². The molecule has 2 aromatic rings. The lowest BCUT2D eigenvalue weighted by Crippen LogP contribution is -2.15. The van der Waals surface area contributed by atoms with E-state index >= 15 is 0 Å². The summed E-state index contributed by atoms with van der Waals surface area (Å²) in [7, 11) is 1.69. The zero-order chi connectivity index (χ0) is 13.5. The van der Waals surface area contributed by atoms with Gasteiger partial charge in [-0.05, 0) is 30.7 Å². The Bertz CT molecular complexity index is 490. The molecule has 0 aliphatic carbocycles. The Kier molecular flexibility index (Phi) is 4.98. The Morgan fingerprint density at radius 1 is 1.26 bits per heavy atom. The molecule has 1 N–H and O–H groups in total. The fourth-order valence-corrected chi connectivity index (χ4v) is 1.99. The highest BCUT2D eigenvalue weighted by atomic mass is 16.5. The minimum Gasteiger partial charge on any atom is -0.497 e. The third-order valence-electron chi connectivity index (χ3n) is 3.16. The lowest BCUT2D eigenvalue weighted by molar-refractivity contribution is 0.414. The van der Waals surface area contributed by atoms with E-state index in [4.69, 9.17) is 4.74 Å². The quantitative estimate of drug-likeness (QED) is 0.829. The van der Waals surface area contributed by atoms with Crippen LogP contribution in [-0.2, 0) is 19.5 Å². The van der Waals surface area contributed by atoms with Gasteiger partial charge in [0.05, 0.1) is 19.1 Å². The molecule has 1 aromatic heterocycles. The SMILES string of the molecule is CCNCc1cncn1CCc1ccc(OC)cc1. The monoisotopic (exact) mass is 259 g/mol. The van der Waals surface area contributed by atoms with E-state index in [1.165, 1.54) is 11.3 Å². The Labute approximate surface area is 114 Å². The minimum absolute atomic E-state index is 0.874. The Hall–Kier alpha value is -1.81. The van der Waals surface area contributed by atoms with Crippen molar-refractivity contribution in [2.24, 2.45) is 0 Å². The number of hydrogen-bond donors (Lipinski definition) is 1. The normalized spacial score (nSPS) is 10.6. The fraction of sp³-hybridized carbons (Fsp3) is 0.400. The number of ether oxygens (including phenoxy) is 1. The molecule has 0 atom stereocenters. The van der Waals surface area contributed by atoms with E-state index in [2.05, 4.69) is 33.9 Å². The molecule has 4 heteroatoms. The van der Waals surface area contributed by atoms with Crippen molar-refractivity contribution in [2.75, 3.05) is 13.7 Å². The van der Waals surface area contributed by atoms with Gasteiger partial charge >= 0.3 is 0 Å². The van der Waals surface area contributed by atoms with Crippen LogP contribution in [0.25, 0.3) is 0 Å². The van der Waals surface area contributed by atoms with E-state index in [-0.39, 0.29) is 0 Å². The van der Waals surface area contributed by atoms with E-state index < -0.39 is 0 Å². The maximum Gasteiger partial charge on any atom is 0.118 e. The third kappa shape index (κ3) is 3.83. The van der Waals surface area contributed by atoms with Gasteiger partial charge in [0, 0.05) is 19.3 Å². The van der Waals surface area contributed by atoms with Gasteiger partial charge < -0.3 is 14.6 Å². The smallest absolute Gasteiger partial charge is 0.118 e. The molecule has 2 rings (SSSR count). The van der Waals surface area contributed by atoms with Crippen molar-refractivity contribution in [1.82, 2.24) is 14.9 Å². The van der Waals surface area contributed by atoms with Crippen molar-refractivity contribution in [3.8, 4) is 5.75 Å². The van der Waals surface area contributed by atoms with Gasteiger partial charge in [0.15, 0.2) is 0 Å². The molecule has 0 unspecified atom stereocenters. The number of hydrogen-bond acceptors (Lipinski definition) is 3. The van der Waals surface area contributed by atoms with Gasteiger partial charge in [-0.1, -0.05) is 19.1 Å². The summed E-state index contributed by atoms with van der Waals surface area (Å²) in [6, 6.07) is 8.23. The number of imidazole rings is 1. The second-order valence-corrected chi connectivity index (χ2v) is 4.46. The molecule has 1 aromatic carbocycles. The van der Waals surface area contributed by atoms with Gasteiger partial charge in [-0.3, -0.25) is 0 Å². The molecule has 102 valence electrons. The van der Waals surface area contributed by atoms with Crippen LogP contribution >= 0.6 is 0 Å². The molecule has 0 aliphatic rings. The van der Waals surface area contributed by atoms with E-state index in [1.54, 1.807) is 7.11 Å². The second kappa shape index (κ2) is 6.95. The molecule has 0 radical (unpaired) electrons.